The third kappa shape index (κ3) is 4.07. The molecule has 1 rings (SSSR count). The van der Waals surface area contributed by atoms with Gasteiger partial charge in [-0.3, -0.25) is 4.79 Å². The predicted octanol–water partition coefficient (Wildman–Crippen LogP) is 1.64. The second kappa shape index (κ2) is 4.83. The van der Waals surface area contributed by atoms with E-state index < -0.39 is 30.4 Å². The zero-order valence-corrected chi connectivity index (χ0v) is 8.18. The van der Waals surface area contributed by atoms with E-state index in [0.717, 1.165) is 0 Å². The van der Waals surface area contributed by atoms with E-state index in [2.05, 4.69) is 5.32 Å². The molecule has 1 fully saturated rings. The summed E-state index contributed by atoms with van der Waals surface area (Å²) in [6, 6.07) is 0. The zero-order chi connectivity index (χ0) is 11.5. The Kier molecular flexibility index (Phi) is 3.96. The minimum atomic E-state index is -4.28. The molecule has 0 aromatic rings. The van der Waals surface area contributed by atoms with Crippen molar-refractivity contribution >= 4 is 5.97 Å². The molecule has 0 aromatic carbocycles. The van der Waals surface area contributed by atoms with Crippen LogP contribution in [0.5, 0.6) is 0 Å². The van der Waals surface area contributed by atoms with Crippen LogP contribution in [0.1, 0.15) is 19.3 Å². The summed E-state index contributed by atoms with van der Waals surface area (Å²) in [5.74, 6) is -2.79. The first-order valence-electron chi connectivity index (χ1n) is 4.90. The van der Waals surface area contributed by atoms with Crippen molar-refractivity contribution in [2.45, 2.75) is 25.4 Å². The summed E-state index contributed by atoms with van der Waals surface area (Å²) >= 11 is 0. The van der Waals surface area contributed by atoms with Gasteiger partial charge in [0.1, 0.15) is 0 Å². The molecule has 1 heterocycles. The molecule has 1 saturated heterocycles. The highest BCUT2D eigenvalue weighted by Crippen LogP contribution is 2.33. The molecule has 6 heteroatoms. The molecule has 0 bridgehead atoms. The fraction of sp³-hybridized carbons (Fsp3) is 0.889. The van der Waals surface area contributed by atoms with E-state index in [1.54, 1.807) is 0 Å². The first-order valence-corrected chi connectivity index (χ1v) is 4.90. The van der Waals surface area contributed by atoms with Crippen molar-refractivity contribution in [2.75, 3.05) is 13.1 Å². The number of nitrogens with one attached hydrogen (secondary N) is 1. The van der Waals surface area contributed by atoms with Gasteiger partial charge in [-0.15, -0.1) is 0 Å². The molecule has 3 nitrogen and oxygen atoms in total. The van der Waals surface area contributed by atoms with Gasteiger partial charge in [-0.05, 0) is 31.8 Å². The Morgan fingerprint density at radius 3 is 2.47 bits per heavy atom. The van der Waals surface area contributed by atoms with Crippen molar-refractivity contribution in [2.24, 2.45) is 11.8 Å². The summed E-state index contributed by atoms with van der Waals surface area (Å²) in [4.78, 5) is 10.8. The van der Waals surface area contributed by atoms with Gasteiger partial charge in [-0.1, -0.05) is 0 Å². The molecule has 2 N–H and O–H groups in total. The molecule has 0 aliphatic carbocycles. The van der Waals surface area contributed by atoms with Crippen LogP contribution >= 0.6 is 0 Å². The van der Waals surface area contributed by atoms with Gasteiger partial charge in [0.2, 0.25) is 0 Å². The van der Waals surface area contributed by atoms with Crippen molar-refractivity contribution in [3.8, 4) is 0 Å². The van der Waals surface area contributed by atoms with Crippen LogP contribution in [0.3, 0.4) is 0 Å². The largest absolute Gasteiger partial charge is 0.481 e. The average Bonchev–Trinajstić information content (AvgIpc) is 2.26. The second-order valence-electron chi connectivity index (χ2n) is 3.85. The molecule has 0 radical (unpaired) electrons. The summed E-state index contributed by atoms with van der Waals surface area (Å²) in [6.45, 7) is 0.940. The zero-order valence-electron chi connectivity index (χ0n) is 8.18. The van der Waals surface area contributed by atoms with Crippen LogP contribution in [0.15, 0.2) is 0 Å². The summed E-state index contributed by atoms with van der Waals surface area (Å²) in [6.07, 6.45) is -4.72. The van der Waals surface area contributed by atoms with Crippen LogP contribution in [0.25, 0.3) is 0 Å². The maximum absolute atomic E-state index is 12.2. The molecular weight excluding hydrogens is 211 g/mol. The molecule has 0 amide bonds. The number of carboxylic acids is 1. The van der Waals surface area contributed by atoms with Crippen molar-refractivity contribution in [1.29, 1.82) is 0 Å². The van der Waals surface area contributed by atoms with E-state index in [0.29, 0.717) is 13.1 Å². The van der Waals surface area contributed by atoms with Gasteiger partial charge in [0.15, 0.2) is 0 Å². The van der Waals surface area contributed by atoms with Crippen molar-refractivity contribution in [3.05, 3.63) is 0 Å². The lowest BCUT2D eigenvalue weighted by Crippen LogP contribution is -2.28. The molecule has 0 aromatic heterocycles. The van der Waals surface area contributed by atoms with Crippen molar-refractivity contribution in [3.63, 3.8) is 0 Å². The highest BCUT2D eigenvalue weighted by atomic mass is 19.4. The normalized spacial score (nSPS) is 28.5. The molecule has 88 valence electrons. The van der Waals surface area contributed by atoms with Gasteiger partial charge in [0, 0.05) is 6.42 Å². The van der Waals surface area contributed by atoms with Gasteiger partial charge in [-0.2, -0.15) is 13.2 Å². The quantitative estimate of drug-likeness (QED) is 0.751. The lowest BCUT2D eigenvalue weighted by molar-refractivity contribution is -0.158. The van der Waals surface area contributed by atoms with Gasteiger partial charge in [-0.25, -0.2) is 0 Å². The van der Waals surface area contributed by atoms with Gasteiger partial charge in [0.25, 0.3) is 0 Å². The number of aliphatic carboxylic acids is 1. The highest BCUT2D eigenvalue weighted by Gasteiger charge is 2.38. The topological polar surface area (TPSA) is 49.3 Å². The van der Waals surface area contributed by atoms with Crippen molar-refractivity contribution in [1.82, 2.24) is 5.32 Å². The van der Waals surface area contributed by atoms with Crippen molar-refractivity contribution < 1.29 is 23.1 Å². The first kappa shape index (κ1) is 12.3. The van der Waals surface area contributed by atoms with Gasteiger partial charge >= 0.3 is 12.1 Å². The molecule has 2 unspecified atom stereocenters. The Labute approximate surface area is 85.7 Å². The second-order valence-corrected chi connectivity index (χ2v) is 3.85. The Hall–Kier alpha value is -0.780. The molecule has 1 aliphatic heterocycles. The smallest absolute Gasteiger partial charge is 0.389 e. The summed E-state index contributed by atoms with van der Waals surface area (Å²) in [5.41, 5.74) is 0. The monoisotopic (exact) mass is 225 g/mol. The molecule has 15 heavy (non-hydrogen) atoms. The van der Waals surface area contributed by atoms with E-state index in [9.17, 15) is 18.0 Å². The molecule has 2 atom stereocenters. The number of hydrogen-bond donors (Lipinski definition) is 2. The molecular formula is C9H14F3NO2. The molecule has 1 aliphatic rings. The Balaban J connectivity index is 2.66. The Morgan fingerprint density at radius 1 is 1.33 bits per heavy atom. The maximum atomic E-state index is 12.2. The summed E-state index contributed by atoms with van der Waals surface area (Å²) in [5, 5.41) is 11.8. The van der Waals surface area contributed by atoms with Crippen LogP contribution in [-0.2, 0) is 4.79 Å². The fourth-order valence-corrected chi connectivity index (χ4v) is 1.97. The minimum Gasteiger partial charge on any atom is -0.481 e. The average molecular weight is 225 g/mol. The highest BCUT2D eigenvalue weighted by molar-refractivity contribution is 5.70. The van der Waals surface area contributed by atoms with Crippen LogP contribution in [0.4, 0.5) is 13.2 Å². The number of carboxylic acid groups (broad SMARTS) is 1. The third-order valence-electron chi connectivity index (χ3n) is 2.70. The number of rotatable bonds is 2. The fourth-order valence-electron chi connectivity index (χ4n) is 1.97. The SMILES string of the molecule is O=C(O)C1CCNCCC1CC(F)(F)F. The standard InChI is InChI=1S/C9H14F3NO2/c10-9(11,12)5-6-1-3-13-4-2-7(6)8(14)15/h6-7,13H,1-5H2,(H,14,15). The third-order valence-corrected chi connectivity index (χ3v) is 2.70. The van der Waals surface area contributed by atoms with E-state index in [1.165, 1.54) is 0 Å². The van der Waals surface area contributed by atoms with Crippen LogP contribution < -0.4 is 5.32 Å². The lowest BCUT2D eigenvalue weighted by atomic mass is 9.85. The number of alkyl halides is 3. The minimum absolute atomic E-state index is 0.274. The van der Waals surface area contributed by atoms with Crippen LogP contribution in [0, 0.1) is 11.8 Å². The first-order chi connectivity index (χ1) is 6.90. The van der Waals surface area contributed by atoms with E-state index in [4.69, 9.17) is 5.11 Å². The maximum Gasteiger partial charge on any atom is 0.389 e. The molecule has 0 spiro atoms. The van der Waals surface area contributed by atoms with E-state index in [1.807, 2.05) is 0 Å². The Bertz CT molecular complexity index is 230. The van der Waals surface area contributed by atoms with Crippen LogP contribution in [-0.4, -0.2) is 30.3 Å². The summed E-state index contributed by atoms with van der Waals surface area (Å²) < 4.78 is 36.6. The number of halogens is 3. The Morgan fingerprint density at radius 2 is 1.93 bits per heavy atom. The summed E-state index contributed by atoms with van der Waals surface area (Å²) in [7, 11) is 0. The van der Waals surface area contributed by atoms with E-state index in [-0.39, 0.29) is 12.8 Å². The predicted molar refractivity (Wildman–Crippen MR) is 47.4 cm³/mol. The number of carbonyl (C=O) groups is 1. The van der Waals surface area contributed by atoms with Gasteiger partial charge in [0.05, 0.1) is 5.92 Å². The van der Waals surface area contributed by atoms with E-state index >= 15 is 0 Å². The lowest BCUT2D eigenvalue weighted by Gasteiger charge is -2.22. The van der Waals surface area contributed by atoms with Gasteiger partial charge < -0.3 is 10.4 Å². The van der Waals surface area contributed by atoms with Crippen LogP contribution in [0.2, 0.25) is 0 Å². The molecule has 0 saturated carbocycles. The number of hydrogen-bond acceptors (Lipinski definition) is 2.